The normalized spacial score (nSPS) is 10.4. The smallest absolute Gasteiger partial charge is 0.269 e. The number of imidazole rings is 1. The Bertz CT molecular complexity index is 564. The fourth-order valence-electron chi connectivity index (χ4n) is 1.62. The summed E-state index contributed by atoms with van der Waals surface area (Å²) in [7, 11) is 0. The van der Waals surface area contributed by atoms with Crippen molar-refractivity contribution in [3.63, 3.8) is 0 Å². The molecule has 0 unspecified atom stereocenters. The summed E-state index contributed by atoms with van der Waals surface area (Å²) >= 11 is 0. The van der Waals surface area contributed by atoms with E-state index in [9.17, 15) is 9.18 Å². The topological polar surface area (TPSA) is 86.9 Å². The molecule has 0 atom stereocenters. The Hall–Kier alpha value is -2.37. The molecule has 0 bridgehead atoms. The van der Waals surface area contributed by atoms with Crippen molar-refractivity contribution in [2.75, 3.05) is 5.73 Å². The van der Waals surface area contributed by atoms with Gasteiger partial charge in [-0.1, -0.05) is 12.1 Å². The quantitative estimate of drug-likeness (QED) is 0.821. The first-order valence-corrected chi connectivity index (χ1v) is 4.93. The highest BCUT2D eigenvalue weighted by Gasteiger charge is 2.13. The van der Waals surface area contributed by atoms with Crippen molar-refractivity contribution in [2.45, 2.75) is 6.54 Å². The van der Waals surface area contributed by atoms with E-state index in [1.54, 1.807) is 12.1 Å². The molecule has 0 radical (unpaired) electrons. The average Bonchev–Trinajstić information content (AvgIpc) is 2.59. The highest BCUT2D eigenvalue weighted by molar-refractivity contribution is 5.95. The van der Waals surface area contributed by atoms with Crippen LogP contribution in [0.3, 0.4) is 0 Å². The molecule has 4 N–H and O–H groups in total. The molecule has 17 heavy (non-hydrogen) atoms. The van der Waals surface area contributed by atoms with Gasteiger partial charge in [-0.3, -0.25) is 4.79 Å². The van der Waals surface area contributed by atoms with Crippen LogP contribution in [0.4, 0.5) is 10.2 Å². The Morgan fingerprint density at radius 2 is 2.24 bits per heavy atom. The van der Waals surface area contributed by atoms with E-state index in [4.69, 9.17) is 11.5 Å². The monoisotopic (exact) mass is 234 g/mol. The van der Waals surface area contributed by atoms with Crippen molar-refractivity contribution in [1.29, 1.82) is 0 Å². The van der Waals surface area contributed by atoms with Crippen LogP contribution in [0.2, 0.25) is 0 Å². The summed E-state index contributed by atoms with van der Waals surface area (Å²) < 4.78 is 14.5. The molecule has 6 heteroatoms. The molecular weight excluding hydrogens is 223 g/mol. The third kappa shape index (κ3) is 2.25. The molecule has 0 saturated carbocycles. The molecule has 2 aromatic rings. The number of aromatic nitrogens is 2. The number of rotatable bonds is 3. The van der Waals surface area contributed by atoms with Crippen LogP contribution in [-0.2, 0) is 6.54 Å². The number of carbonyl (C=O) groups excluding carboxylic acids is 1. The van der Waals surface area contributed by atoms with Crippen molar-refractivity contribution in [2.24, 2.45) is 5.73 Å². The van der Waals surface area contributed by atoms with Gasteiger partial charge in [0.2, 0.25) is 0 Å². The van der Waals surface area contributed by atoms with Crippen LogP contribution in [0.5, 0.6) is 0 Å². The number of nitrogens with two attached hydrogens (primary N) is 2. The maximum Gasteiger partial charge on any atom is 0.269 e. The first kappa shape index (κ1) is 11.1. The first-order valence-electron chi connectivity index (χ1n) is 4.93. The standard InChI is InChI=1S/C11H11FN4O/c12-8-3-1-2-7(4-8)5-16-6-15-10(13)9(16)11(14)17/h1-4,6H,5,13H2,(H2,14,17). The largest absolute Gasteiger partial charge is 0.382 e. The molecule has 0 fully saturated rings. The molecule has 0 aliphatic carbocycles. The molecule has 88 valence electrons. The van der Waals surface area contributed by atoms with Crippen molar-refractivity contribution in [3.05, 3.63) is 47.7 Å². The first-order chi connectivity index (χ1) is 8.08. The Morgan fingerprint density at radius 1 is 1.47 bits per heavy atom. The van der Waals surface area contributed by atoms with Crippen LogP contribution >= 0.6 is 0 Å². The highest BCUT2D eigenvalue weighted by Crippen LogP contribution is 2.12. The second kappa shape index (κ2) is 4.25. The van der Waals surface area contributed by atoms with Gasteiger partial charge in [-0.15, -0.1) is 0 Å². The van der Waals surface area contributed by atoms with Gasteiger partial charge in [-0.05, 0) is 17.7 Å². The van der Waals surface area contributed by atoms with Gasteiger partial charge in [-0.25, -0.2) is 9.37 Å². The zero-order valence-electron chi connectivity index (χ0n) is 8.93. The van der Waals surface area contributed by atoms with E-state index in [1.165, 1.54) is 23.0 Å². The lowest BCUT2D eigenvalue weighted by Gasteiger charge is -2.06. The van der Waals surface area contributed by atoms with Gasteiger partial charge in [0.05, 0.1) is 6.33 Å². The van der Waals surface area contributed by atoms with Gasteiger partial charge in [0.25, 0.3) is 5.91 Å². The Balaban J connectivity index is 2.33. The Morgan fingerprint density at radius 3 is 2.88 bits per heavy atom. The number of amides is 1. The predicted molar refractivity (Wildman–Crippen MR) is 60.7 cm³/mol. The summed E-state index contributed by atoms with van der Waals surface area (Å²) in [6.07, 6.45) is 1.40. The molecule has 0 saturated heterocycles. The lowest BCUT2D eigenvalue weighted by Crippen LogP contribution is -2.18. The van der Waals surface area contributed by atoms with E-state index in [0.29, 0.717) is 12.1 Å². The number of halogens is 1. The van der Waals surface area contributed by atoms with E-state index in [2.05, 4.69) is 4.98 Å². The summed E-state index contributed by atoms with van der Waals surface area (Å²) in [4.78, 5) is 15.0. The summed E-state index contributed by atoms with van der Waals surface area (Å²) in [5, 5.41) is 0. The van der Waals surface area contributed by atoms with Crippen LogP contribution in [-0.4, -0.2) is 15.5 Å². The number of primary amides is 1. The number of anilines is 1. The Kier molecular flexibility index (Phi) is 2.78. The van der Waals surface area contributed by atoms with Crippen LogP contribution < -0.4 is 11.5 Å². The minimum Gasteiger partial charge on any atom is -0.382 e. The van der Waals surface area contributed by atoms with E-state index in [1.807, 2.05) is 0 Å². The van der Waals surface area contributed by atoms with Crippen LogP contribution in [0.15, 0.2) is 30.6 Å². The van der Waals surface area contributed by atoms with Crippen LogP contribution in [0, 0.1) is 5.82 Å². The summed E-state index contributed by atoms with van der Waals surface area (Å²) in [6, 6.07) is 6.06. The maximum absolute atomic E-state index is 13.0. The molecule has 0 aliphatic rings. The fraction of sp³-hybridized carbons (Fsp3) is 0.0909. The second-order valence-electron chi connectivity index (χ2n) is 3.60. The lowest BCUT2D eigenvalue weighted by molar-refractivity contribution is 0.0993. The number of hydrogen-bond donors (Lipinski definition) is 2. The Labute approximate surface area is 96.9 Å². The van der Waals surface area contributed by atoms with Gasteiger partial charge in [-0.2, -0.15) is 0 Å². The van der Waals surface area contributed by atoms with Crippen molar-refractivity contribution >= 4 is 11.7 Å². The minimum absolute atomic E-state index is 0.0777. The van der Waals surface area contributed by atoms with E-state index < -0.39 is 5.91 Å². The third-order valence-electron chi connectivity index (χ3n) is 2.34. The minimum atomic E-state index is -0.656. The van der Waals surface area contributed by atoms with Gasteiger partial charge >= 0.3 is 0 Å². The molecule has 1 heterocycles. The van der Waals surface area contributed by atoms with Gasteiger partial charge < -0.3 is 16.0 Å². The number of nitrogen functional groups attached to an aromatic ring is 1. The van der Waals surface area contributed by atoms with E-state index in [-0.39, 0.29) is 17.3 Å². The number of carbonyl (C=O) groups is 1. The lowest BCUT2D eigenvalue weighted by atomic mass is 10.2. The highest BCUT2D eigenvalue weighted by atomic mass is 19.1. The zero-order valence-corrected chi connectivity index (χ0v) is 8.93. The van der Waals surface area contributed by atoms with Crippen LogP contribution in [0.1, 0.15) is 16.1 Å². The second-order valence-corrected chi connectivity index (χ2v) is 3.60. The molecule has 0 aliphatic heterocycles. The van der Waals surface area contributed by atoms with Gasteiger partial charge in [0.15, 0.2) is 11.5 Å². The van der Waals surface area contributed by atoms with E-state index in [0.717, 1.165) is 0 Å². The SMILES string of the molecule is NC(=O)c1c(N)ncn1Cc1cccc(F)c1. The molecule has 2 rings (SSSR count). The summed E-state index contributed by atoms with van der Waals surface area (Å²) in [6.45, 7) is 0.292. The number of benzene rings is 1. The summed E-state index contributed by atoms with van der Waals surface area (Å²) in [5.41, 5.74) is 11.5. The van der Waals surface area contributed by atoms with Crippen molar-refractivity contribution < 1.29 is 9.18 Å². The number of nitrogens with zero attached hydrogens (tertiary/aromatic N) is 2. The number of hydrogen-bond acceptors (Lipinski definition) is 3. The molecule has 1 amide bonds. The average molecular weight is 234 g/mol. The molecule has 1 aromatic heterocycles. The van der Waals surface area contributed by atoms with Crippen LogP contribution in [0.25, 0.3) is 0 Å². The summed E-state index contributed by atoms with van der Waals surface area (Å²) in [5.74, 6) is -0.915. The van der Waals surface area contributed by atoms with Gasteiger partial charge in [0, 0.05) is 6.54 Å². The predicted octanol–water partition coefficient (Wildman–Crippen LogP) is 0.752. The van der Waals surface area contributed by atoms with Crippen molar-refractivity contribution in [1.82, 2.24) is 9.55 Å². The molecule has 1 aromatic carbocycles. The molecule has 5 nitrogen and oxygen atoms in total. The zero-order chi connectivity index (χ0) is 12.4. The third-order valence-corrected chi connectivity index (χ3v) is 2.34. The molecular formula is C11H11FN4O. The molecule has 0 spiro atoms. The fourth-order valence-corrected chi connectivity index (χ4v) is 1.62. The maximum atomic E-state index is 13.0. The van der Waals surface area contributed by atoms with Crippen molar-refractivity contribution in [3.8, 4) is 0 Å². The van der Waals surface area contributed by atoms with Gasteiger partial charge in [0.1, 0.15) is 5.82 Å². The van der Waals surface area contributed by atoms with E-state index >= 15 is 0 Å².